The van der Waals surface area contributed by atoms with Gasteiger partial charge in [0.1, 0.15) is 0 Å². The lowest BCUT2D eigenvalue weighted by atomic mass is 9.93. The molecule has 0 unspecified atom stereocenters. The van der Waals surface area contributed by atoms with Crippen LogP contribution in [0, 0.1) is 17.8 Å². The van der Waals surface area contributed by atoms with E-state index in [1.165, 1.54) is 38.5 Å². The third-order valence-corrected chi connectivity index (χ3v) is 3.49. The monoisotopic (exact) mass is 228 g/mol. The van der Waals surface area contributed by atoms with Gasteiger partial charge in [-0.3, -0.25) is 0 Å². The van der Waals surface area contributed by atoms with Crippen LogP contribution in [0.5, 0.6) is 0 Å². The van der Waals surface area contributed by atoms with Crippen molar-refractivity contribution in [1.82, 2.24) is 0 Å². The Kier molecular flexibility index (Phi) is 10.1. The zero-order valence-electron chi connectivity index (χ0n) is 11.8. The zero-order valence-corrected chi connectivity index (χ0v) is 11.8. The van der Waals surface area contributed by atoms with Crippen molar-refractivity contribution < 1.29 is 5.11 Å². The summed E-state index contributed by atoms with van der Waals surface area (Å²) in [5, 5.41) is 8.81. The molecule has 0 aromatic heterocycles. The molecule has 0 spiro atoms. The summed E-state index contributed by atoms with van der Waals surface area (Å²) in [5.41, 5.74) is 0. The summed E-state index contributed by atoms with van der Waals surface area (Å²) in [7, 11) is 0. The molecule has 1 nitrogen and oxygen atoms in total. The van der Waals surface area contributed by atoms with Gasteiger partial charge in [0.05, 0.1) is 0 Å². The van der Waals surface area contributed by atoms with Crippen LogP contribution >= 0.6 is 0 Å². The van der Waals surface area contributed by atoms with Gasteiger partial charge in [-0.05, 0) is 24.2 Å². The van der Waals surface area contributed by atoms with Gasteiger partial charge in [-0.2, -0.15) is 0 Å². The van der Waals surface area contributed by atoms with Crippen LogP contribution in [0.4, 0.5) is 0 Å². The molecule has 0 fully saturated rings. The van der Waals surface area contributed by atoms with E-state index in [-0.39, 0.29) is 0 Å². The molecule has 0 aliphatic carbocycles. The molecule has 0 saturated heterocycles. The van der Waals surface area contributed by atoms with E-state index in [1.807, 2.05) is 0 Å². The van der Waals surface area contributed by atoms with Crippen molar-refractivity contribution in [2.45, 2.75) is 72.6 Å². The van der Waals surface area contributed by atoms with Crippen LogP contribution in [0.15, 0.2) is 0 Å². The van der Waals surface area contributed by atoms with Gasteiger partial charge in [0, 0.05) is 6.61 Å². The number of hydrogen-bond donors (Lipinski definition) is 1. The molecule has 16 heavy (non-hydrogen) atoms. The number of aliphatic hydroxyl groups excluding tert-OH is 1. The molecule has 0 aliphatic heterocycles. The van der Waals surface area contributed by atoms with Crippen LogP contribution in [0.2, 0.25) is 0 Å². The van der Waals surface area contributed by atoms with Crippen molar-refractivity contribution in [1.29, 1.82) is 0 Å². The highest BCUT2D eigenvalue weighted by Crippen LogP contribution is 2.19. The average molecular weight is 228 g/mol. The van der Waals surface area contributed by atoms with Crippen LogP contribution in [-0.2, 0) is 0 Å². The minimum atomic E-state index is 0.352. The predicted octanol–water partition coefficient (Wildman–Crippen LogP) is 4.64. The second-order valence-electron chi connectivity index (χ2n) is 5.98. The third-order valence-electron chi connectivity index (χ3n) is 3.49. The Bertz CT molecular complexity index is 142. The fraction of sp³-hybridized carbons (Fsp3) is 1.00. The van der Waals surface area contributed by atoms with Gasteiger partial charge in [-0.15, -0.1) is 0 Å². The maximum atomic E-state index is 8.81. The Morgan fingerprint density at radius 1 is 0.688 bits per heavy atom. The van der Waals surface area contributed by atoms with Crippen molar-refractivity contribution in [2.24, 2.45) is 17.8 Å². The summed E-state index contributed by atoms with van der Waals surface area (Å²) < 4.78 is 0. The van der Waals surface area contributed by atoms with Crippen molar-refractivity contribution in [3.8, 4) is 0 Å². The normalized spacial score (nSPS) is 15.4. The number of hydrogen-bond acceptors (Lipinski definition) is 1. The quantitative estimate of drug-likeness (QED) is 0.577. The molecule has 0 aliphatic rings. The average Bonchev–Trinajstić information content (AvgIpc) is 2.17. The SMILES string of the molecule is CC(C)CCC[C@H](C)CCC[C@H](C)CCO. The van der Waals surface area contributed by atoms with Crippen LogP contribution in [0.1, 0.15) is 72.6 Å². The molecule has 0 aromatic carbocycles. The first kappa shape index (κ1) is 16.0. The largest absolute Gasteiger partial charge is 0.396 e. The minimum absolute atomic E-state index is 0.352. The minimum Gasteiger partial charge on any atom is -0.396 e. The van der Waals surface area contributed by atoms with Gasteiger partial charge in [-0.25, -0.2) is 0 Å². The summed E-state index contributed by atoms with van der Waals surface area (Å²) in [6.45, 7) is 9.60. The van der Waals surface area contributed by atoms with Crippen LogP contribution in [0.3, 0.4) is 0 Å². The molecule has 1 heteroatoms. The van der Waals surface area contributed by atoms with E-state index in [4.69, 9.17) is 5.11 Å². The second-order valence-corrected chi connectivity index (χ2v) is 5.98. The standard InChI is InChI=1S/C15H32O/c1-13(2)7-5-8-14(3)9-6-10-15(4)11-12-16/h13-16H,5-12H2,1-4H3/t14-,15-/m0/s1. The maximum Gasteiger partial charge on any atom is 0.0433 e. The van der Waals surface area contributed by atoms with Crippen LogP contribution in [0.25, 0.3) is 0 Å². The molecule has 0 bridgehead atoms. The lowest BCUT2D eigenvalue weighted by molar-refractivity contribution is 0.255. The van der Waals surface area contributed by atoms with Crippen molar-refractivity contribution in [3.63, 3.8) is 0 Å². The van der Waals surface area contributed by atoms with E-state index in [1.54, 1.807) is 0 Å². The lowest BCUT2D eigenvalue weighted by Crippen LogP contribution is -2.01. The van der Waals surface area contributed by atoms with Gasteiger partial charge < -0.3 is 5.11 Å². The maximum absolute atomic E-state index is 8.81. The molecule has 98 valence electrons. The summed E-state index contributed by atoms with van der Waals surface area (Å²) in [4.78, 5) is 0. The first-order chi connectivity index (χ1) is 7.56. The van der Waals surface area contributed by atoms with Crippen LogP contribution < -0.4 is 0 Å². The molecular weight excluding hydrogens is 196 g/mol. The van der Waals surface area contributed by atoms with E-state index < -0.39 is 0 Å². The van der Waals surface area contributed by atoms with Gasteiger partial charge in [0.2, 0.25) is 0 Å². The lowest BCUT2D eigenvalue weighted by Gasteiger charge is -2.14. The van der Waals surface area contributed by atoms with E-state index in [9.17, 15) is 0 Å². The molecular formula is C15H32O. The van der Waals surface area contributed by atoms with Crippen molar-refractivity contribution in [2.75, 3.05) is 6.61 Å². The molecule has 0 amide bonds. The fourth-order valence-corrected chi connectivity index (χ4v) is 2.20. The highest BCUT2D eigenvalue weighted by Gasteiger charge is 2.05. The topological polar surface area (TPSA) is 20.2 Å². The van der Waals surface area contributed by atoms with Crippen molar-refractivity contribution in [3.05, 3.63) is 0 Å². The highest BCUT2D eigenvalue weighted by molar-refractivity contribution is 4.58. The van der Waals surface area contributed by atoms with Gasteiger partial charge in [-0.1, -0.05) is 66.2 Å². The van der Waals surface area contributed by atoms with Gasteiger partial charge in [0.25, 0.3) is 0 Å². The summed E-state index contributed by atoms with van der Waals surface area (Å²) in [6, 6.07) is 0. The molecule has 0 aromatic rings. The van der Waals surface area contributed by atoms with Crippen molar-refractivity contribution >= 4 is 0 Å². The Morgan fingerprint density at radius 3 is 1.56 bits per heavy atom. The molecule has 2 atom stereocenters. The van der Waals surface area contributed by atoms with E-state index in [2.05, 4.69) is 27.7 Å². The Balaban J connectivity index is 3.32. The Hall–Kier alpha value is -0.0400. The Morgan fingerprint density at radius 2 is 1.12 bits per heavy atom. The molecule has 0 saturated carbocycles. The van der Waals surface area contributed by atoms with E-state index in [0.717, 1.165) is 18.3 Å². The van der Waals surface area contributed by atoms with E-state index in [0.29, 0.717) is 12.5 Å². The van der Waals surface area contributed by atoms with Crippen LogP contribution in [-0.4, -0.2) is 11.7 Å². The smallest absolute Gasteiger partial charge is 0.0433 e. The first-order valence-electron chi connectivity index (χ1n) is 7.17. The number of rotatable bonds is 10. The van der Waals surface area contributed by atoms with Gasteiger partial charge >= 0.3 is 0 Å². The molecule has 0 rings (SSSR count). The Labute approximate surface area is 103 Å². The first-order valence-corrected chi connectivity index (χ1v) is 7.17. The van der Waals surface area contributed by atoms with Gasteiger partial charge in [0.15, 0.2) is 0 Å². The van der Waals surface area contributed by atoms with E-state index >= 15 is 0 Å². The highest BCUT2D eigenvalue weighted by atomic mass is 16.3. The molecule has 0 radical (unpaired) electrons. The summed E-state index contributed by atoms with van der Waals surface area (Å²) in [5.74, 6) is 2.45. The summed E-state index contributed by atoms with van der Waals surface area (Å²) in [6.07, 6.45) is 9.14. The molecule has 1 N–H and O–H groups in total. The number of aliphatic hydroxyl groups is 1. The third kappa shape index (κ3) is 10.5. The summed E-state index contributed by atoms with van der Waals surface area (Å²) >= 11 is 0. The fourth-order valence-electron chi connectivity index (χ4n) is 2.20. The second kappa shape index (κ2) is 10.1. The predicted molar refractivity (Wildman–Crippen MR) is 72.6 cm³/mol. The zero-order chi connectivity index (χ0) is 12.4. The molecule has 0 heterocycles.